The van der Waals surface area contributed by atoms with Gasteiger partial charge < -0.3 is 5.73 Å². The third-order valence-electron chi connectivity index (χ3n) is 3.36. The van der Waals surface area contributed by atoms with Crippen LogP contribution in [0, 0.1) is 0 Å². The lowest BCUT2D eigenvalue weighted by atomic mass is 10.1. The standard InChI is InChI=1S/C13H22N4/c1-2-3-8-17(11-4-5-11)13(9-14)12-6-7-15-10-16-12/h6-7,10-11,13H,2-5,8-9,14H2,1H3. The summed E-state index contributed by atoms with van der Waals surface area (Å²) in [4.78, 5) is 10.9. The van der Waals surface area contributed by atoms with Crippen LogP contribution < -0.4 is 5.73 Å². The lowest BCUT2D eigenvalue weighted by Gasteiger charge is -2.30. The molecule has 1 unspecified atom stereocenters. The van der Waals surface area contributed by atoms with Crippen LogP contribution in [0.1, 0.15) is 44.3 Å². The molecule has 0 radical (unpaired) electrons. The van der Waals surface area contributed by atoms with Gasteiger partial charge in [-0.05, 0) is 31.9 Å². The first-order chi connectivity index (χ1) is 8.36. The average Bonchev–Trinajstić information content (AvgIpc) is 3.20. The van der Waals surface area contributed by atoms with Crippen molar-refractivity contribution in [3.8, 4) is 0 Å². The van der Waals surface area contributed by atoms with E-state index >= 15 is 0 Å². The van der Waals surface area contributed by atoms with E-state index in [4.69, 9.17) is 5.73 Å². The van der Waals surface area contributed by atoms with E-state index in [0.29, 0.717) is 6.54 Å². The molecule has 0 saturated heterocycles. The monoisotopic (exact) mass is 234 g/mol. The Balaban J connectivity index is 2.08. The van der Waals surface area contributed by atoms with Gasteiger partial charge in [0.05, 0.1) is 11.7 Å². The Morgan fingerprint density at radius 1 is 1.53 bits per heavy atom. The number of rotatable bonds is 7. The molecule has 0 bridgehead atoms. The third kappa shape index (κ3) is 3.23. The van der Waals surface area contributed by atoms with Crippen molar-refractivity contribution in [3.63, 3.8) is 0 Å². The van der Waals surface area contributed by atoms with Gasteiger partial charge in [0.1, 0.15) is 6.33 Å². The molecule has 1 saturated carbocycles. The van der Waals surface area contributed by atoms with Gasteiger partial charge in [-0.2, -0.15) is 0 Å². The smallest absolute Gasteiger partial charge is 0.115 e. The lowest BCUT2D eigenvalue weighted by molar-refractivity contribution is 0.184. The second kappa shape index (κ2) is 6.07. The van der Waals surface area contributed by atoms with E-state index in [1.54, 1.807) is 12.5 Å². The van der Waals surface area contributed by atoms with E-state index in [1.165, 1.54) is 25.7 Å². The Kier molecular flexibility index (Phi) is 4.45. The van der Waals surface area contributed by atoms with Crippen LogP contribution >= 0.6 is 0 Å². The minimum Gasteiger partial charge on any atom is -0.329 e. The highest BCUT2D eigenvalue weighted by atomic mass is 15.2. The third-order valence-corrected chi connectivity index (χ3v) is 3.36. The van der Waals surface area contributed by atoms with Gasteiger partial charge in [0.15, 0.2) is 0 Å². The van der Waals surface area contributed by atoms with Crippen molar-refractivity contribution in [2.24, 2.45) is 5.73 Å². The zero-order valence-electron chi connectivity index (χ0n) is 10.5. The van der Waals surface area contributed by atoms with Gasteiger partial charge in [-0.3, -0.25) is 4.90 Å². The molecule has 1 aliphatic carbocycles. The quantitative estimate of drug-likeness (QED) is 0.781. The van der Waals surface area contributed by atoms with Crippen molar-refractivity contribution in [3.05, 3.63) is 24.3 Å². The van der Waals surface area contributed by atoms with Gasteiger partial charge in [-0.1, -0.05) is 13.3 Å². The van der Waals surface area contributed by atoms with Crippen LogP contribution in [0.3, 0.4) is 0 Å². The average molecular weight is 234 g/mol. The Morgan fingerprint density at radius 3 is 2.88 bits per heavy atom. The summed E-state index contributed by atoms with van der Waals surface area (Å²) in [6.45, 7) is 4.00. The summed E-state index contributed by atoms with van der Waals surface area (Å²) in [5.74, 6) is 0. The highest BCUT2D eigenvalue weighted by Gasteiger charge is 2.33. The van der Waals surface area contributed by atoms with Crippen LogP contribution in [0.25, 0.3) is 0 Å². The number of hydrogen-bond donors (Lipinski definition) is 1. The molecular formula is C13H22N4. The van der Waals surface area contributed by atoms with Gasteiger partial charge in [-0.25, -0.2) is 9.97 Å². The Bertz CT molecular complexity index is 323. The summed E-state index contributed by atoms with van der Waals surface area (Å²) in [7, 11) is 0. The molecule has 0 spiro atoms. The molecule has 1 atom stereocenters. The molecule has 1 aromatic rings. The van der Waals surface area contributed by atoms with Crippen molar-refractivity contribution in [2.45, 2.75) is 44.7 Å². The number of nitrogens with two attached hydrogens (primary N) is 1. The number of unbranched alkanes of at least 4 members (excludes halogenated alkanes) is 1. The molecule has 0 amide bonds. The zero-order valence-corrected chi connectivity index (χ0v) is 10.5. The molecule has 1 heterocycles. The fourth-order valence-electron chi connectivity index (χ4n) is 2.26. The molecule has 17 heavy (non-hydrogen) atoms. The first-order valence-electron chi connectivity index (χ1n) is 6.58. The van der Waals surface area contributed by atoms with Crippen LogP contribution in [0.4, 0.5) is 0 Å². The van der Waals surface area contributed by atoms with Crippen molar-refractivity contribution in [1.82, 2.24) is 14.9 Å². The van der Waals surface area contributed by atoms with E-state index in [1.807, 2.05) is 6.07 Å². The van der Waals surface area contributed by atoms with Crippen molar-refractivity contribution >= 4 is 0 Å². The van der Waals surface area contributed by atoms with E-state index in [0.717, 1.165) is 18.3 Å². The maximum Gasteiger partial charge on any atom is 0.115 e. The van der Waals surface area contributed by atoms with E-state index in [-0.39, 0.29) is 6.04 Å². The summed E-state index contributed by atoms with van der Waals surface area (Å²) in [6, 6.07) is 2.97. The summed E-state index contributed by atoms with van der Waals surface area (Å²) < 4.78 is 0. The van der Waals surface area contributed by atoms with Gasteiger partial charge in [-0.15, -0.1) is 0 Å². The zero-order chi connectivity index (χ0) is 12.1. The normalized spacial score (nSPS) is 17.4. The highest BCUT2D eigenvalue weighted by Crippen LogP contribution is 2.33. The maximum absolute atomic E-state index is 5.94. The largest absolute Gasteiger partial charge is 0.329 e. The molecule has 4 heteroatoms. The molecule has 2 N–H and O–H groups in total. The Labute approximate surface area is 103 Å². The Morgan fingerprint density at radius 2 is 2.35 bits per heavy atom. The van der Waals surface area contributed by atoms with E-state index in [9.17, 15) is 0 Å². The van der Waals surface area contributed by atoms with Gasteiger partial charge in [0.25, 0.3) is 0 Å². The molecular weight excluding hydrogens is 212 g/mol. The highest BCUT2D eigenvalue weighted by molar-refractivity contribution is 5.07. The summed E-state index contributed by atoms with van der Waals surface area (Å²) in [5.41, 5.74) is 7.00. The molecule has 1 aromatic heterocycles. The fraction of sp³-hybridized carbons (Fsp3) is 0.692. The van der Waals surface area contributed by atoms with Crippen LogP contribution in [0.2, 0.25) is 0 Å². The minimum absolute atomic E-state index is 0.261. The summed E-state index contributed by atoms with van der Waals surface area (Å²) in [6.07, 6.45) is 8.50. The molecule has 1 aliphatic rings. The second-order valence-electron chi connectivity index (χ2n) is 4.71. The van der Waals surface area contributed by atoms with Gasteiger partial charge in [0, 0.05) is 18.8 Å². The predicted molar refractivity (Wildman–Crippen MR) is 68.5 cm³/mol. The SMILES string of the molecule is CCCCN(C1CC1)C(CN)c1ccncn1. The topological polar surface area (TPSA) is 55.0 Å². The summed E-state index contributed by atoms with van der Waals surface area (Å²) >= 11 is 0. The Hall–Kier alpha value is -1.00. The van der Waals surface area contributed by atoms with Crippen molar-refractivity contribution < 1.29 is 0 Å². The lowest BCUT2D eigenvalue weighted by Crippen LogP contribution is -2.36. The van der Waals surface area contributed by atoms with Gasteiger partial charge in [0.2, 0.25) is 0 Å². The first kappa shape index (κ1) is 12.5. The number of hydrogen-bond acceptors (Lipinski definition) is 4. The molecule has 0 aliphatic heterocycles. The summed E-state index contributed by atoms with van der Waals surface area (Å²) in [5, 5.41) is 0. The van der Waals surface area contributed by atoms with E-state index < -0.39 is 0 Å². The van der Waals surface area contributed by atoms with Crippen molar-refractivity contribution in [1.29, 1.82) is 0 Å². The molecule has 2 rings (SSSR count). The van der Waals surface area contributed by atoms with E-state index in [2.05, 4.69) is 21.8 Å². The maximum atomic E-state index is 5.94. The first-order valence-corrected chi connectivity index (χ1v) is 6.58. The van der Waals surface area contributed by atoms with Crippen LogP contribution in [0.5, 0.6) is 0 Å². The minimum atomic E-state index is 0.261. The number of nitrogens with zero attached hydrogens (tertiary/aromatic N) is 3. The van der Waals surface area contributed by atoms with Crippen molar-refractivity contribution in [2.75, 3.05) is 13.1 Å². The van der Waals surface area contributed by atoms with Crippen LogP contribution in [-0.2, 0) is 0 Å². The van der Waals surface area contributed by atoms with Crippen LogP contribution in [0.15, 0.2) is 18.6 Å². The van der Waals surface area contributed by atoms with Crippen LogP contribution in [-0.4, -0.2) is 34.0 Å². The molecule has 4 nitrogen and oxygen atoms in total. The molecule has 0 aromatic carbocycles. The number of aromatic nitrogens is 2. The van der Waals surface area contributed by atoms with Gasteiger partial charge >= 0.3 is 0 Å². The second-order valence-corrected chi connectivity index (χ2v) is 4.71. The molecule has 1 fully saturated rings. The molecule has 94 valence electrons. The predicted octanol–water partition coefficient (Wildman–Crippen LogP) is 1.74. The fourth-order valence-corrected chi connectivity index (χ4v) is 2.26.